The molecule has 0 fully saturated rings. The van der Waals surface area contributed by atoms with Crippen molar-refractivity contribution in [3.63, 3.8) is 0 Å². The van der Waals surface area contributed by atoms with Crippen LogP contribution in [0.25, 0.3) is 0 Å². The lowest BCUT2D eigenvalue weighted by molar-refractivity contribution is -0.311. The van der Waals surface area contributed by atoms with Crippen LogP contribution in [0.4, 0.5) is 26.3 Å². The molecule has 0 saturated carbocycles. The largest absolute Gasteiger partial charge is 0.545 e. The summed E-state index contributed by atoms with van der Waals surface area (Å²) in [4.78, 5) is 19.7. The van der Waals surface area contributed by atoms with Gasteiger partial charge in [-0.2, -0.15) is 26.3 Å². The van der Waals surface area contributed by atoms with Gasteiger partial charge in [0.25, 0.3) is 0 Å². The highest BCUT2D eigenvalue weighted by atomic mass is 19.4. The number of hydrogen-bond acceptors (Lipinski definition) is 4. The molecule has 0 radical (unpaired) electrons. The highest BCUT2D eigenvalue weighted by Crippen LogP contribution is 2.35. The van der Waals surface area contributed by atoms with E-state index in [0.717, 1.165) is 0 Å². The fraction of sp³-hybridized carbons (Fsp3) is 0.333. The van der Waals surface area contributed by atoms with E-state index in [-0.39, 0.29) is 0 Å². The van der Waals surface area contributed by atoms with E-state index in [1.807, 2.05) is 0 Å². The van der Waals surface area contributed by atoms with Crippen LogP contribution in [0.15, 0.2) is 11.1 Å². The first kappa shape index (κ1) is 14.3. The predicted octanol–water partition coefficient (Wildman–Crippen LogP) is -1.09. The summed E-state index contributed by atoms with van der Waals surface area (Å²) in [5, 5.41) is 19.7. The Bertz CT molecular complexity index is 315. The molecule has 0 unspecified atom stereocenters. The van der Waals surface area contributed by atoms with Crippen molar-refractivity contribution in [2.45, 2.75) is 12.4 Å². The van der Waals surface area contributed by atoms with Crippen molar-refractivity contribution >= 4 is 11.9 Å². The Balaban J connectivity index is 6.09. The van der Waals surface area contributed by atoms with Crippen molar-refractivity contribution in [3.8, 4) is 0 Å². The molecule has 0 N–H and O–H groups in total. The molecule has 0 aromatic rings. The average Bonchev–Trinajstić information content (AvgIpc) is 1.92. The normalized spacial score (nSPS) is 14.4. The SMILES string of the molecule is O=C([O-])/C(=C(\C(=O)[O-])C(F)(F)F)C(F)(F)F. The molecule has 0 saturated heterocycles. The number of alkyl halides is 6. The smallest absolute Gasteiger partial charge is 0.418 e. The van der Waals surface area contributed by atoms with E-state index in [9.17, 15) is 46.1 Å². The molecule has 92 valence electrons. The first-order valence-corrected chi connectivity index (χ1v) is 3.20. The first-order valence-electron chi connectivity index (χ1n) is 3.20. The number of carboxylic acid groups (broad SMARTS) is 2. The van der Waals surface area contributed by atoms with E-state index in [1.54, 1.807) is 0 Å². The van der Waals surface area contributed by atoms with Gasteiger partial charge >= 0.3 is 12.4 Å². The average molecular weight is 250 g/mol. The van der Waals surface area contributed by atoms with Crippen molar-refractivity contribution in [1.82, 2.24) is 0 Å². The third kappa shape index (κ3) is 3.14. The second-order valence-corrected chi connectivity index (χ2v) is 2.32. The summed E-state index contributed by atoms with van der Waals surface area (Å²) in [6, 6.07) is 0. The van der Waals surface area contributed by atoms with Crippen LogP contribution in [0.5, 0.6) is 0 Å². The quantitative estimate of drug-likeness (QED) is 0.460. The number of carbonyl (C=O) groups excluding carboxylic acids is 2. The molecule has 0 aromatic heterocycles. The van der Waals surface area contributed by atoms with Gasteiger partial charge in [0.15, 0.2) is 0 Å². The fourth-order valence-corrected chi connectivity index (χ4v) is 0.719. The third-order valence-corrected chi connectivity index (χ3v) is 1.23. The molecule has 0 spiro atoms. The molecule has 0 heterocycles. The minimum absolute atomic E-state index is 3.30. The number of carboxylic acids is 2. The van der Waals surface area contributed by atoms with Crippen molar-refractivity contribution in [2.24, 2.45) is 0 Å². The predicted molar refractivity (Wildman–Crippen MR) is 29.2 cm³/mol. The van der Waals surface area contributed by atoms with Crippen LogP contribution in [-0.4, -0.2) is 24.3 Å². The van der Waals surface area contributed by atoms with E-state index < -0.39 is 35.4 Å². The molecule has 0 aliphatic rings. The summed E-state index contributed by atoms with van der Waals surface area (Å²) >= 11 is 0. The van der Waals surface area contributed by atoms with Crippen LogP contribution in [0, 0.1) is 0 Å². The molecular formula is C6F6O4-2. The Kier molecular flexibility index (Phi) is 3.58. The molecule has 0 bridgehead atoms. The number of rotatable bonds is 2. The van der Waals surface area contributed by atoms with Crippen LogP contribution < -0.4 is 10.2 Å². The lowest BCUT2D eigenvalue weighted by atomic mass is 10.1. The molecular weight excluding hydrogens is 250 g/mol. The first-order chi connectivity index (χ1) is 6.89. The van der Waals surface area contributed by atoms with Gasteiger partial charge < -0.3 is 19.8 Å². The summed E-state index contributed by atoms with van der Waals surface area (Å²) in [7, 11) is 0. The molecule has 0 aliphatic carbocycles. The summed E-state index contributed by atoms with van der Waals surface area (Å²) in [5.74, 6) is -6.60. The van der Waals surface area contributed by atoms with E-state index in [1.165, 1.54) is 0 Å². The number of halogens is 6. The van der Waals surface area contributed by atoms with Gasteiger partial charge in [-0.05, 0) is 0 Å². The lowest BCUT2D eigenvalue weighted by Crippen LogP contribution is -2.42. The Morgan fingerprint density at radius 2 is 0.875 bits per heavy atom. The summed E-state index contributed by atoms with van der Waals surface area (Å²) in [6.07, 6.45) is -12.0. The Morgan fingerprint density at radius 1 is 0.688 bits per heavy atom. The van der Waals surface area contributed by atoms with Gasteiger partial charge in [0.05, 0.1) is 23.1 Å². The monoisotopic (exact) mass is 250 g/mol. The zero-order chi connectivity index (χ0) is 13.3. The van der Waals surface area contributed by atoms with Crippen LogP contribution in [0.2, 0.25) is 0 Å². The third-order valence-electron chi connectivity index (χ3n) is 1.23. The number of hydrogen-bond donors (Lipinski definition) is 0. The van der Waals surface area contributed by atoms with Gasteiger partial charge in [-0.3, -0.25) is 0 Å². The molecule has 4 nitrogen and oxygen atoms in total. The van der Waals surface area contributed by atoms with Gasteiger partial charge in [-0.1, -0.05) is 0 Å². The van der Waals surface area contributed by atoms with Crippen LogP contribution >= 0.6 is 0 Å². The van der Waals surface area contributed by atoms with Crippen LogP contribution in [0.3, 0.4) is 0 Å². The van der Waals surface area contributed by atoms with Crippen molar-refractivity contribution in [2.75, 3.05) is 0 Å². The summed E-state index contributed by atoms with van der Waals surface area (Å²) < 4.78 is 71.1. The van der Waals surface area contributed by atoms with Gasteiger partial charge in [0.1, 0.15) is 0 Å². The maximum atomic E-state index is 11.8. The molecule has 16 heavy (non-hydrogen) atoms. The van der Waals surface area contributed by atoms with Gasteiger partial charge in [-0.15, -0.1) is 0 Å². The van der Waals surface area contributed by atoms with Crippen molar-refractivity contribution in [3.05, 3.63) is 11.1 Å². The summed E-state index contributed by atoms with van der Waals surface area (Å²) in [6.45, 7) is 0. The minimum atomic E-state index is -6.02. The van der Waals surface area contributed by atoms with Gasteiger partial charge in [-0.25, -0.2) is 0 Å². The van der Waals surface area contributed by atoms with E-state index in [0.29, 0.717) is 0 Å². The maximum Gasteiger partial charge on any atom is 0.418 e. The van der Waals surface area contributed by atoms with E-state index >= 15 is 0 Å². The standard InChI is InChI=1S/C6H2F6O4/c7-5(8,9)1(3(13)14)2(4(15)16)6(10,11)12/h(H,13,14)(H,15,16)/p-2/b2-1-. The topological polar surface area (TPSA) is 80.3 Å². The molecule has 0 amide bonds. The number of aliphatic carboxylic acids is 2. The zero-order valence-corrected chi connectivity index (χ0v) is 6.90. The van der Waals surface area contributed by atoms with E-state index in [4.69, 9.17) is 0 Å². The highest BCUT2D eigenvalue weighted by Gasteiger charge is 2.46. The van der Waals surface area contributed by atoms with Gasteiger partial charge in [0.2, 0.25) is 0 Å². The maximum absolute atomic E-state index is 11.8. The molecule has 0 aliphatic heterocycles. The molecule has 10 heteroatoms. The minimum Gasteiger partial charge on any atom is -0.545 e. The van der Waals surface area contributed by atoms with Crippen LogP contribution in [-0.2, 0) is 9.59 Å². The molecule has 0 aromatic carbocycles. The molecule has 0 rings (SSSR count). The lowest BCUT2D eigenvalue weighted by Gasteiger charge is -2.20. The zero-order valence-electron chi connectivity index (χ0n) is 6.90. The van der Waals surface area contributed by atoms with Gasteiger partial charge in [0, 0.05) is 0 Å². The Morgan fingerprint density at radius 3 is 0.938 bits per heavy atom. The Hall–Kier alpha value is -1.74. The van der Waals surface area contributed by atoms with E-state index in [2.05, 4.69) is 0 Å². The van der Waals surface area contributed by atoms with Crippen LogP contribution in [0.1, 0.15) is 0 Å². The Labute approximate surface area is 82.8 Å². The highest BCUT2D eigenvalue weighted by molar-refractivity contribution is 5.99. The fourth-order valence-electron chi connectivity index (χ4n) is 0.719. The van der Waals surface area contributed by atoms with Crippen molar-refractivity contribution in [1.29, 1.82) is 0 Å². The van der Waals surface area contributed by atoms with Crippen molar-refractivity contribution < 1.29 is 46.1 Å². The number of carbonyl (C=O) groups is 2. The molecule has 0 atom stereocenters. The second kappa shape index (κ2) is 4.02. The second-order valence-electron chi connectivity index (χ2n) is 2.32. The summed E-state index contributed by atoms with van der Waals surface area (Å²) in [5.41, 5.74) is -6.67.